The summed E-state index contributed by atoms with van der Waals surface area (Å²) in [6, 6.07) is 3.06. The SMILES string of the molecule is Cc1ncc(CO)c(/C=N/Nc2ccc([N+](=O)[O-])cc2[N+](=O)[O-])c1O. The van der Waals surface area contributed by atoms with Crippen LogP contribution in [0.1, 0.15) is 16.8 Å². The second-order valence-corrected chi connectivity index (χ2v) is 4.87. The van der Waals surface area contributed by atoms with Gasteiger partial charge in [0, 0.05) is 23.4 Å². The molecular weight excluding hydrogens is 334 g/mol. The number of aromatic hydroxyl groups is 1. The summed E-state index contributed by atoms with van der Waals surface area (Å²) < 4.78 is 0. The number of hydrazone groups is 1. The molecule has 130 valence electrons. The highest BCUT2D eigenvalue weighted by Gasteiger charge is 2.19. The van der Waals surface area contributed by atoms with Gasteiger partial charge in [-0.15, -0.1) is 0 Å². The van der Waals surface area contributed by atoms with Gasteiger partial charge >= 0.3 is 5.69 Å². The number of nitro groups is 2. The Balaban J connectivity index is 2.33. The number of aliphatic hydroxyl groups excluding tert-OH is 1. The molecule has 1 heterocycles. The fourth-order valence-electron chi connectivity index (χ4n) is 1.97. The lowest BCUT2D eigenvalue weighted by atomic mass is 10.1. The van der Waals surface area contributed by atoms with Crippen LogP contribution in [-0.2, 0) is 6.61 Å². The number of non-ortho nitro benzene ring substituents is 1. The predicted octanol–water partition coefficient (Wildman–Crippen LogP) is 1.85. The minimum absolute atomic E-state index is 0.0670. The van der Waals surface area contributed by atoms with Crippen molar-refractivity contribution in [2.75, 3.05) is 5.43 Å². The molecule has 0 aliphatic carbocycles. The summed E-state index contributed by atoms with van der Waals surface area (Å²) in [6.45, 7) is 1.17. The first-order valence-electron chi connectivity index (χ1n) is 6.85. The van der Waals surface area contributed by atoms with Gasteiger partial charge < -0.3 is 10.2 Å². The Morgan fingerprint density at radius 3 is 2.64 bits per heavy atom. The number of benzene rings is 1. The Kier molecular flexibility index (Phi) is 5.19. The van der Waals surface area contributed by atoms with Crippen LogP contribution in [0.3, 0.4) is 0 Å². The molecule has 0 unspecified atom stereocenters. The van der Waals surface area contributed by atoms with Gasteiger partial charge in [0.2, 0.25) is 0 Å². The van der Waals surface area contributed by atoms with Gasteiger partial charge in [-0.25, -0.2) is 0 Å². The van der Waals surface area contributed by atoms with Gasteiger partial charge in [0.05, 0.1) is 34.4 Å². The first kappa shape index (κ1) is 17.7. The monoisotopic (exact) mass is 347 g/mol. The number of nitrogens with one attached hydrogen (secondary N) is 1. The van der Waals surface area contributed by atoms with Crippen LogP contribution in [0.5, 0.6) is 5.75 Å². The van der Waals surface area contributed by atoms with Crippen molar-refractivity contribution in [3.8, 4) is 5.75 Å². The summed E-state index contributed by atoms with van der Waals surface area (Å²) in [5, 5.41) is 44.8. The van der Waals surface area contributed by atoms with E-state index in [2.05, 4.69) is 15.5 Å². The number of aromatic nitrogens is 1. The molecule has 2 rings (SSSR count). The maximum Gasteiger partial charge on any atom is 0.301 e. The number of anilines is 1. The van der Waals surface area contributed by atoms with Crippen molar-refractivity contribution in [1.29, 1.82) is 0 Å². The van der Waals surface area contributed by atoms with E-state index in [0.29, 0.717) is 11.3 Å². The minimum Gasteiger partial charge on any atom is -0.505 e. The van der Waals surface area contributed by atoms with Gasteiger partial charge in [0.1, 0.15) is 11.4 Å². The zero-order valence-corrected chi connectivity index (χ0v) is 12.9. The zero-order valence-electron chi connectivity index (χ0n) is 12.9. The maximum atomic E-state index is 11.0. The average Bonchev–Trinajstić information content (AvgIpc) is 2.58. The van der Waals surface area contributed by atoms with Crippen LogP contribution >= 0.6 is 0 Å². The third-order valence-corrected chi connectivity index (χ3v) is 3.30. The highest BCUT2D eigenvalue weighted by atomic mass is 16.6. The van der Waals surface area contributed by atoms with E-state index in [1.165, 1.54) is 12.4 Å². The van der Waals surface area contributed by atoms with Gasteiger partial charge in [0.15, 0.2) is 0 Å². The summed E-state index contributed by atoms with van der Waals surface area (Å²) in [6.07, 6.45) is 2.53. The highest BCUT2D eigenvalue weighted by molar-refractivity contribution is 5.86. The molecular formula is C14H13N5O6. The molecule has 0 saturated carbocycles. The number of nitrogens with zero attached hydrogens (tertiary/aromatic N) is 4. The molecule has 0 bridgehead atoms. The number of nitro benzene ring substituents is 2. The largest absolute Gasteiger partial charge is 0.505 e. The molecule has 11 nitrogen and oxygen atoms in total. The van der Waals surface area contributed by atoms with Crippen LogP contribution < -0.4 is 5.43 Å². The molecule has 0 aliphatic rings. The second-order valence-electron chi connectivity index (χ2n) is 4.87. The van der Waals surface area contributed by atoms with Crippen LogP contribution in [0.2, 0.25) is 0 Å². The molecule has 0 atom stereocenters. The van der Waals surface area contributed by atoms with E-state index in [-0.39, 0.29) is 23.6 Å². The third kappa shape index (κ3) is 3.84. The molecule has 3 N–H and O–H groups in total. The number of aryl methyl sites for hydroxylation is 1. The Bertz CT molecular complexity index is 867. The van der Waals surface area contributed by atoms with Gasteiger partial charge in [0.25, 0.3) is 5.69 Å². The standard InChI is InChI=1S/C14H13N5O6/c1-8-14(21)11(9(7-20)5-15-8)6-16-17-12-3-2-10(18(22)23)4-13(12)19(24)25/h2-6,17,20-21H,7H2,1H3/b16-6+. The first-order valence-corrected chi connectivity index (χ1v) is 6.85. The van der Waals surface area contributed by atoms with E-state index in [0.717, 1.165) is 18.2 Å². The van der Waals surface area contributed by atoms with Crippen molar-refractivity contribution in [3.63, 3.8) is 0 Å². The number of hydrogen-bond donors (Lipinski definition) is 3. The summed E-state index contributed by atoms with van der Waals surface area (Å²) in [5.41, 5.74) is 2.22. The molecule has 11 heteroatoms. The highest BCUT2D eigenvalue weighted by Crippen LogP contribution is 2.29. The molecule has 1 aromatic carbocycles. The number of aliphatic hydroxyl groups is 1. The van der Waals surface area contributed by atoms with Crippen molar-refractivity contribution in [1.82, 2.24) is 4.98 Å². The molecule has 0 fully saturated rings. The topological polar surface area (TPSA) is 164 Å². The molecule has 2 aromatic rings. The fraction of sp³-hybridized carbons (Fsp3) is 0.143. The van der Waals surface area contributed by atoms with E-state index < -0.39 is 21.2 Å². The lowest BCUT2D eigenvalue weighted by Crippen LogP contribution is -2.01. The molecule has 0 saturated heterocycles. The summed E-state index contributed by atoms with van der Waals surface area (Å²) in [5.74, 6) is -0.185. The second kappa shape index (κ2) is 7.31. The predicted molar refractivity (Wildman–Crippen MR) is 87.5 cm³/mol. The molecule has 1 aromatic heterocycles. The van der Waals surface area contributed by atoms with Crippen molar-refractivity contribution in [3.05, 3.63) is 61.4 Å². The van der Waals surface area contributed by atoms with Crippen molar-refractivity contribution < 1.29 is 20.1 Å². The molecule has 0 amide bonds. The lowest BCUT2D eigenvalue weighted by Gasteiger charge is -2.07. The first-order chi connectivity index (χ1) is 11.8. The van der Waals surface area contributed by atoms with E-state index in [1.54, 1.807) is 6.92 Å². The van der Waals surface area contributed by atoms with Crippen molar-refractivity contribution in [2.24, 2.45) is 5.10 Å². The van der Waals surface area contributed by atoms with Crippen LogP contribution in [0.15, 0.2) is 29.5 Å². The number of pyridine rings is 1. The summed E-state index contributed by atoms with van der Waals surface area (Å²) in [4.78, 5) is 24.1. The van der Waals surface area contributed by atoms with Gasteiger partial charge in [-0.05, 0) is 13.0 Å². The Labute approximate surface area is 140 Å². The van der Waals surface area contributed by atoms with Crippen LogP contribution in [0.4, 0.5) is 17.1 Å². The molecule has 0 spiro atoms. The minimum atomic E-state index is -0.780. The smallest absolute Gasteiger partial charge is 0.301 e. The Morgan fingerprint density at radius 2 is 2.04 bits per heavy atom. The van der Waals surface area contributed by atoms with E-state index >= 15 is 0 Å². The summed E-state index contributed by atoms with van der Waals surface area (Å²) in [7, 11) is 0. The Morgan fingerprint density at radius 1 is 1.32 bits per heavy atom. The normalized spacial score (nSPS) is 10.8. The van der Waals surface area contributed by atoms with Crippen molar-refractivity contribution in [2.45, 2.75) is 13.5 Å². The van der Waals surface area contributed by atoms with Crippen LogP contribution in [0.25, 0.3) is 0 Å². The third-order valence-electron chi connectivity index (χ3n) is 3.30. The zero-order chi connectivity index (χ0) is 18.6. The van der Waals surface area contributed by atoms with E-state index in [9.17, 15) is 30.4 Å². The molecule has 0 radical (unpaired) electrons. The summed E-state index contributed by atoms with van der Waals surface area (Å²) >= 11 is 0. The maximum absolute atomic E-state index is 11.0. The van der Waals surface area contributed by atoms with Crippen molar-refractivity contribution >= 4 is 23.3 Å². The number of rotatable bonds is 6. The van der Waals surface area contributed by atoms with Crippen LogP contribution in [-0.4, -0.2) is 31.3 Å². The molecule has 25 heavy (non-hydrogen) atoms. The van der Waals surface area contributed by atoms with E-state index in [4.69, 9.17) is 0 Å². The van der Waals surface area contributed by atoms with E-state index in [1.807, 2.05) is 0 Å². The number of hydrogen-bond acceptors (Lipinski definition) is 9. The fourth-order valence-corrected chi connectivity index (χ4v) is 1.97. The van der Waals surface area contributed by atoms with Gasteiger partial charge in [-0.3, -0.25) is 30.6 Å². The van der Waals surface area contributed by atoms with Crippen LogP contribution in [0, 0.1) is 27.2 Å². The van der Waals surface area contributed by atoms with Gasteiger partial charge in [-0.2, -0.15) is 5.10 Å². The molecule has 0 aliphatic heterocycles. The average molecular weight is 347 g/mol. The quantitative estimate of drug-likeness (QED) is 0.404. The lowest BCUT2D eigenvalue weighted by molar-refractivity contribution is -0.393. The van der Waals surface area contributed by atoms with Gasteiger partial charge in [-0.1, -0.05) is 0 Å². The Hall–Kier alpha value is -3.60.